The summed E-state index contributed by atoms with van der Waals surface area (Å²) in [6.07, 6.45) is 0.584. The molecule has 34 heavy (non-hydrogen) atoms. The molecule has 5 rings (SSSR count). The molecule has 0 atom stereocenters. The summed E-state index contributed by atoms with van der Waals surface area (Å²) in [5.74, 6) is 0.737. The fourth-order valence-electron chi connectivity index (χ4n) is 4.28. The van der Waals surface area contributed by atoms with E-state index in [0.717, 1.165) is 33.5 Å². The fraction of sp³-hybridized carbons (Fsp3) is 0.111. The number of benzene rings is 3. The third-order valence-electron chi connectivity index (χ3n) is 6.05. The van der Waals surface area contributed by atoms with E-state index in [1.807, 2.05) is 42.5 Å². The predicted octanol–water partition coefficient (Wildman–Crippen LogP) is 6.22. The molecule has 2 aromatic heterocycles. The van der Waals surface area contributed by atoms with E-state index in [9.17, 15) is 15.4 Å². The Labute approximate surface area is 196 Å². The van der Waals surface area contributed by atoms with E-state index in [1.54, 1.807) is 12.1 Å². The van der Waals surface area contributed by atoms with Gasteiger partial charge in [0.15, 0.2) is 5.65 Å². The minimum Gasteiger partial charge on any atom is -0.341 e. The van der Waals surface area contributed by atoms with E-state index in [2.05, 4.69) is 35.7 Å². The number of nitro benzene ring substituents is 1. The third kappa shape index (κ3) is 3.61. The van der Waals surface area contributed by atoms with Crippen molar-refractivity contribution in [3.63, 3.8) is 0 Å². The Morgan fingerprint density at radius 3 is 2.56 bits per heavy atom. The molecule has 0 saturated carbocycles. The van der Waals surface area contributed by atoms with Crippen LogP contribution < -0.4 is 5.32 Å². The topological polar surface area (TPSA) is 96.3 Å². The van der Waals surface area contributed by atoms with Gasteiger partial charge in [0.1, 0.15) is 11.9 Å². The van der Waals surface area contributed by atoms with Gasteiger partial charge >= 0.3 is 0 Å². The predicted molar refractivity (Wildman–Crippen MR) is 133 cm³/mol. The number of rotatable bonds is 5. The van der Waals surface area contributed by atoms with Gasteiger partial charge in [-0.25, -0.2) is 4.98 Å². The number of anilines is 2. The Hall–Kier alpha value is -4.70. The molecule has 0 saturated heterocycles. The van der Waals surface area contributed by atoms with Crippen LogP contribution in [0.1, 0.15) is 27.8 Å². The molecule has 5 aromatic rings. The Morgan fingerprint density at radius 2 is 1.82 bits per heavy atom. The highest BCUT2D eigenvalue weighted by Crippen LogP contribution is 2.34. The highest BCUT2D eigenvalue weighted by atomic mass is 16.6. The molecule has 166 valence electrons. The Balaban J connectivity index is 1.81. The van der Waals surface area contributed by atoms with E-state index in [0.29, 0.717) is 23.3 Å². The summed E-state index contributed by atoms with van der Waals surface area (Å²) in [4.78, 5) is 15.7. The number of imidazole rings is 1. The number of fused-ring (bicyclic) bond motifs is 3. The zero-order chi connectivity index (χ0) is 23.8. The van der Waals surface area contributed by atoms with Crippen LogP contribution in [0, 0.1) is 35.3 Å². The summed E-state index contributed by atoms with van der Waals surface area (Å²) in [6, 6.07) is 24.8. The smallest absolute Gasteiger partial charge is 0.271 e. The molecule has 1 N–H and O–H groups in total. The summed E-state index contributed by atoms with van der Waals surface area (Å²) in [6.45, 7) is 3.97. The van der Waals surface area contributed by atoms with E-state index in [1.165, 1.54) is 17.7 Å². The lowest BCUT2D eigenvalue weighted by atomic mass is 9.97. The number of nitrogens with zero attached hydrogens (tertiary/aromatic N) is 4. The zero-order valence-electron chi connectivity index (χ0n) is 18.7. The number of aromatic nitrogens is 2. The first kappa shape index (κ1) is 21.2. The van der Waals surface area contributed by atoms with Gasteiger partial charge in [-0.05, 0) is 43.2 Å². The van der Waals surface area contributed by atoms with Gasteiger partial charge in [-0.3, -0.25) is 14.5 Å². The molecule has 7 heteroatoms. The van der Waals surface area contributed by atoms with Crippen LogP contribution in [0.2, 0.25) is 0 Å². The minimum atomic E-state index is -0.412. The molecule has 2 heterocycles. The summed E-state index contributed by atoms with van der Waals surface area (Å²) < 4.78 is 1.95. The maximum atomic E-state index is 11.4. The molecule has 0 amide bonds. The van der Waals surface area contributed by atoms with Crippen LogP contribution >= 0.6 is 0 Å². The average Bonchev–Trinajstić information content (AvgIpc) is 3.22. The largest absolute Gasteiger partial charge is 0.341 e. The SMILES string of the molecule is Cc1ccc(Cc2c(C)c(C#N)c3nc4ccccc4n3c2Nc2cccc([N+](=O)[O-])c2)cc1. The van der Waals surface area contributed by atoms with Gasteiger partial charge in [-0.2, -0.15) is 5.26 Å². The highest BCUT2D eigenvalue weighted by molar-refractivity contribution is 5.87. The second-order valence-corrected chi connectivity index (χ2v) is 8.29. The number of aryl methyl sites for hydroxylation is 1. The van der Waals surface area contributed by atoms with E-state index in [-0.39, 0.29) is 5.69 Å². The standard InChI is InChI=1S/C27H21N5O2/c1-17-10-12-19(13-11-17)14-22-18(2)23(16-28)27-30-24-8-3-4-9-25(24)31(27)26(22)29-20-6-5-7-21(15-20)32(33)34/h3-13,15,29H,14H2,1-2H3. The summed E-state index contributed by atoms with van der Waals surface area (Å²) in [5, 5.41) is 24.8. The van der Waals surface area contributed by atoms with E-state index in [4.69, 9.17) is 4.98 Å². The lowest BCUT2D eigenvalue weighted by Gasteiger charge is -2.19. The second kappa shape index (κ2) is 8.34. The summed E-state index contributed by atoms with van der Waals surface area (Å²) >= 11 is 0. The van der Waals surface area contributed by atoms with E-state index >= 15 is 0 Å². The zero-order valence-corrected chi connectivity index (χ0v) is 18.7. The monoisotopic (exact) mass is 447 g/mol. The van der Waals surface area contributed by atoms with Crippen molar-refractivity contribution in [1.82, 2.24) is 9.38 Å². The van der Waals surface area contributed by atoms with Gasteiger partial charge in [0.05, 0.1) is 21.5 Å². The van der Waals surface area contributed by atoms with Crippen molar-refractivity contribution in [3.8, 4) is 6.07 Å². The van der Waals surface area contributed by atoms with Gasteiger partial charge in [0.2, 0.25) is 0 Å². The number of nitriles is 1. The minimum absolute atomic E-state index is 0.00202. The fourth-order valence-corrected chi connectivity index (χ4v) is 4.28. The Bertz CT molecular complexity index is 1610. The molecular formula is C27H21N5O2. The van der Waals surface area contributed by atoms with Gasteiger partial charge in [0, 0.05) is 29.8 Å². The molecule has 0 radical (unpaired) electrons. The first-order valence-electron chi connectivity index (χ1n) is 10.9. The maximum absolute atomic E-state index is 11.4. The first-order valence-corrected chi connectivity index (χ1v) is 10.9. The van der Waals surface area contributed by atoms with Crippen LogP contribution in [0.15, 0.2) is 72.8 Å². The molecule has 0 aliphatic heterocycles. The Morgan fingerprint density at radius 1 is 1.06 bits per heavy atom. The van der Waals surface area contributed by atoms with Crippen molar-refractivity contribution in [2.45, 2.75) is 20.3 Å². The molecule has 0 bridgehead atoms. The molecule has 0 unspecified atom stereocenters. The molecular weight excluding hydrogens is 426 g/mol. The van der Waals surface area contributed by atoms with Crippen LogP contribution in [0.25, 0.3) is 16.7 Å². The van der Waals surface area contributed by atoms with Crippen molar-refractivity contribution in [3.05, 3.63) is 111 Å². The summed E-state index contributed by atoms with van der Waals surface area (Å²) in [5.41, 5.74) is 7.32. The number of hydrogen-bond acceptors (Lipinski definition) is 5. The van der Waals surface area contributed by atoms with Crippen molar-refractivity contribution in [2.24, 2.45) is 0 Å². The number of nitro groups is 1. The van der Waals surface area contributed by atoms with Gasteiger partial charge in [-0.1, -0.05) is 48.0 Å². The van der Waals surface area contributed by atoms with Crippen LogP contribution in [-0.2, 0) is 6.42 Å². The lowest BCUT2D eigenvalue weighted by Crippen LogP contribution is -2.09. The maximum Gasteiger partial charge on any atom is 0.271 e. The third-order valence-corrected chi connectivity index (χ3v) is 6.05. The van der Waals surface area contributed by atoms with Gasteiger partial charge in [0.25, 0.3) is 5.69 Å². The van der Waals surface area contributed by atoms with Gasteiger partial charge < -0.3 is 5.32 Å². The average molecular weight is 447 g/mol. The molecule has 0 aliphatic carbocycles. The lowest BCUT2D eigenvalue weighted by molar-refractivity contribution is -0.384. The normalized spacial score (nSPS) is 11.0. The number of non-ortho nitro benzene ring substituents is 1. The van der Waals surface area contributed by atoms with Crippen LogP contribution in [0.4, 0.5) is 17.2 Å². The molecule has 7 nitrogen and oxygen atoms in total. The second-order valence-electron chi connectivity index (χ2n) is 8.29. The quantitative estimate of drug-likeness (QED) is 0.255. The van der Waals surface area contributed by atoms with Gasteiger partial charge in [-0.15, -0.1) is 0 Å². The molecule has 3 aromatic carbocycles. The summed E-state index contributed by atoms with van der Waals surface area (Å²) in [7, 11) is 0. The number of pyridine rings is 1. The first-order chi connectivity index (χ1) is 16.5. The van der Waals surface area contributed by atoms with Crippen LogP contribution in [-0.4, -0.2) is 14.3 Å². The Kier molecular flexibility index (Phi) is 5.19. The molecule has 0 aliphatic rings. The van der Waals surface area contributed by atoms with Crippen molar-refractivity contribution >= 4 is 33.9 Å². The van der Waals surface area contributed by atoms with Crippen LogP contribution in [0.3, 0.4) is 0 Å². The number of hydrogen-bond donors (Lipinski definition) is 1. The molecule has 0 fully saturated rings. The van der Waals surface area contributed by atoms with Crippen molar-refractivity contribution < 1.29 is 4.92 Å². The van der Waals surface area contributed by atoms with Crippen molar-refractivity contribution in [1.29, 1.82) is 5.26 Å². The number of nitrogens with one attached hydrogen (secondary N) is 1. The van der Waals surface area contributed by atoms with E-state index < -0.39 is 4.92 Å². The highest BCUT2D eigenvalue weighted by Gasteiger charge is 2.21. The van der Waals surface area contributed by atoms with Crippen molar-refractivity contribution in [2.75, 3.05) is 5.32 Å². The van der Waals surface area contributed by atoms with Crippen LogP contribution in [0.5, 0.6) is 0 Å². The molecule has 0 spiro atoms. The number of para-hydroxylation sites is 2.